The number of carbonyl (C=O) groups excluding carboxylic acids is 1. The van der Waals surface area contributed by atoms with Gasteiger partial charge in [0.15, 0.2) is 0 Å². The van der Waals surface area contributed by atoms with Crippen molar-refractivity contribution in [3.8, 4) is 5.69 Å². The molecule has 0 aliphatic carbocycles. The SMILES string of the molecule is O=C(Nc1ccccc1-n1cnnn1)c1cccs1. The topological polar surface area (TPSA) is 72.7 Å². The summed E-state index contributed by atoms with van der Waals surface area (Å²) in [6.45, 7) is 0. The maximum atomic E-state index is 12.0. The third-order valence-corrected chi connectivity index (χ3v) is 3.36. The number of hydrogen-bond donors (Lipinski definition) is 1. The van der Waals surface area contributed by atoms with Crippen molar-refractivity contribution in [2.75, 3.05) is 5.32 Å². The van der Waals surface area contributed by atoms with E-state index in [0.29, 0.717) is 10.6 Å². The van der Waals surface area contributed by atoms with Gasteiger partial charge in [-0.15, -0.1) is 16.4 Å². The van der Waals surface area contributed by atoms with Gasteiger partial charge in [-0.3, -0.25) is 4.79 Å². The Morgan fingerprint density at radius 2 is 2.11 bits per heavy atom. The fraction of sp³-hybridized carbons (Fsp3) is 0. The van der Waals surface area contributed by atoms with Crippen molar-refractivity contribution in [2.24, 2.45) is 0 Å². The first-order valence-corrected chi connectivity index (χ1v) is 6.40. The normalized spacial score (nSPS) is 10.3. The monoisotopic (exact) mass is 271 g/mol. The Bertz CT molecular complexity index is 678. The highest BCUT2D eigenvalue weighted by atomic mass is 32.1. The van der Waals surface area contributed by atoms with Gasteiger partial charge >= 0.3 is 0 Å². The average molecular weight is 271 g/mol. The number of amides is 1. The number of carbonyl (C=O) groups is 1. The van der Waals surface area contributed by atoms with Crippen LogP contribution >= 0.6 is 11.3 Å². The van der Waals surface area contributed by atoms with Crippen LogP contribution in [0, 0.1) is 0 Å². The zero-order valence-corrected chi connectivity index (χ0v) is 10.5. The minimum atomic E-state index is -0.143. The molecule has 6 nitrogen and oxygen atoms in total. The van der Waals surface area contributed by atoms with Gasteiger partial charge in [-0.05, 0) is 34.0 Å². The van der Waals surface area contributed by atoms with Crippen molar-refractivity contribution < 1.29 is 4.79 Å². The summed E-state index contributed by atoms with van der Waals surface area (Å²) in [4.78, 5) is 12.7. The van der Waals surface area contributed by atoms with Crippen molar-refractivity contribution in [3.05, 3.63) is 53.0 Å². The zero-order valence-electron chi connectivity index (χ0n) is 9.72. The van der Waals surface area contributed by atoms with Gasteiger partial charge in [-0.1, -0.05) is 18.2 Å². The van der Waals surface area contributed by atoms with E-state index < -0.39 is 0 Å². The standard InChI is InChI=1S/C12H9N5OS/c18-12(11-6-3-7-19-11)14-9-4-1-2-5-10(9)17-8-13-15-16-17/h1-8H,(H,14,18). The number of anilines is 1. The van der Waals surface area contributed by atoms with Crippen LogP contribution in [-0.4, -0.2) is 26.1 Å². The van der Waals surface area contributed by atoms with E-state index in [-0.39, 0.29) is 5.91 Å². The van der Waals surface area contributed by atoms with Crippen molar-refractivity contribution in [1.82, 2.24) is 20.2 Å². The Kier molecular flexibility index (Phi) is 3.03. The number of benzene rings is 1. The van der Waals surface area contributed by atoms with Crippen molar-refractivity contribution in [3.63, 3.8) is 0 Å². The maximum absolute atomic E-state index is 12.0. The minimum Gasteiger partial charge on any atom is -0.319 e. The molecule has 0 radical (unpaired) electrons. The van der Waals surface area contributed by atoms with Crippen molar-refractivity contribution >= 4 is 22.9 Å². The lowest BCUT2D eigenvalue weighted by Gasteiger charge is -2.09. The van der Waals surface area contributed by atoms with Gasteiger partial charge in [0.2, 0.25) is 0 Å². The highest BCUT2D eigenvalue weighted by Crippen LogP contribution is 2.20. The van der Waals surface area contributed by atoms with E-state index in [2.05, 4.69) is 20.8 Å². The Hall–Kier alpha value is -2.54. The largest absolute Gasteiger partial charge is 0.319 e. The van der Waals surface area contributed by atoms with E-state index in [1.54, 1.807) is 6.07 Å². The van der Waals surface area contributed by atoms with Crippen LogP contribution in [0.15, 0.2) is 48.1 Å². The van der Waals surface area contributed by atoms with Crippen LogP contribution < -0.4 is 5.32 Å². The first-order valence-electron chi connectivity index (χ1n) is 5.52. The van der Waals surface area contributed by atoms with Crippen molar-refractivity contribution in [1.29, 1.82) is 0 Å². The molecule has 0 aliphatic rings. The molecule has 0 bridgehead atoms. The second-order valence-corrected chi connectivity index (χ2v) is 4.65. The lowest BCUT2D eigenvalue weighted by molar-refractivity contribution is 0.103. The highest BCUT2D eigenvalue weighted by molar-refractivity contribution is 7.12. The molecule has 0 saturated carbocycles. The molecule has 1 aromatic carbocycles. The molecule has 2 aromatic heterocycles. The number of nitrogens with one attached hydrogen (secondary N) is 1. The van der Waals surface area contributed by atoms with Gasteiger partial charge in [-0.25, -0.2) is 0 Å². The van der Waals surface area contributed by atoms with Crippen LogP contribution in [0.3, 0.4) is 0 Å². The molecule has 3 rings (SSSR count). The third-order valence-electron chi connectivity index (χ3n) is 2.49. The molecule has 0 atom stereocenters. The lowest BCUT2D eigenvalue weighted by atomic mass is 10.2. The van der Waals surface area contributed by atoms with Crippen LogP contribution in [0.2, 0.25) is 0 Å². The molecule has 0 aliphatic heterocycles. The minimum absolute atomic E-state index is 0.143. The van der Waals surface area contributed by atoms with Gasteiger partial charge in [-0.2, -0.15) is 4.68 Å². The fourth-order valence-corrected chi connectivity index (χ4v) is 2.26. The van der Waals surface area contributed by atoms with Crippen LogP contribution in [0.25, 0.3) is 5.69 Å². The summed E-state index contributed by atoms with van der Waals surface area (Å²) >= 11 is 1.39. The Morgan fingerprint density at radius 3 is 2.84 bits per heavy atom. The molecule has 94 valence electrons. The Morgan fingerprint density at radius 1 is 1.21 bits per heavy atom. The molecule has 1 N–H and O–H groups in total. The van der Waals surface area contributed by atoms with E-state index >= 15 is 0 Å². The summed E-state index contributed by atoms with van der Waals surface area (Å²) < 4.78 is 1.50. The zero-order chi connectivity index (χ0) is 13.1. The van der Waals surface area contributed by atoms with Gasteiger partial charge in [0.1, 0.15) is 6.33 Å². The van der Waals surface area contributed by atoms with Gasteiger partial charge in [0, 0.05) is 0 Å². The van der Waals surface area contributed by atoms with Gasteiger partial charge < -0.3 is 5.32 Å². The van der Waals surface area contributed by atoms with Crippen molar-refractivity contribution in [2.45, 2.75) is 0 Å². The number of tetrazole rings is 1. The summed E-state index contributed by atoms with van der Waals surface area (Å²) in [5, 5.41) is 15.7. The number of hydrogen-bond acceptors (Lipinski definition) is 5. The van der Waals surface area contributed by atoms with E-state index in [9.17, 15) is 4.79 Å². The molecular weight excluding hydrogens is 262 g/mol. The Labute approximate surface area is 112 Å². The summed E-state index contributed by atoms with van der Waals surface area (Å²) in [5.74, 6) is -0.143. The fourth-order valence-electron chi connectivity index (χ4n) is 1.64. The third kappa shape index (κ3) is 2.36. The maximum Gasteiger partial charge on any atom is 0.265 e. The average Bonchev–Trinajstić information content (AvgIpc) is 3.13. The Balaban J connectivity index is 1.92. The number of para-hydroxylation sites is 2. The van der Waals surface area contributed by atoms with E-state index in [0.717, 1.165) is 5.69 Å². The molecule has 0 spiro atoms. The predicted octanol–water partition coefficient (Wildman–Crippen LogP) is 1.98. The predicted molar refractivity (Wildman–Crippen MR) is 71.4 cm³/mol. The van der Waals surface area contributed by atoms with Gasteiger partial charge in [0.25, 0.3) is 5.91 Å². The molecule has 3 aromatic rings. The van der Waals surface area contributed by atoms with Crippen LogP contribution in [0.5, 0.6) is 0 Å². The number of nitrogens with zero attached hydrogens (tertiary/aromatic N) is 4. The molecule has 0 unspecified atom stereocenters. The molecule has 19 heavy (non-hydrogen) atoms. The molecular formula is C12H9N5OS. The number of aromatic nitrogens is 4. The van der Waals surface area contributed by atoms with Crippen LogP contribution in [-0.2, 0) is 0 Å². The van der Waals surface area contributed by atoms with E-state index in [4.69, 9.17) is 0 Å². The molecule has 0 fully saturated rings. The molecule has 2 heterocycles. The van der Waals surface area contributed by atoms with E-state index in [1.807, 2.05) is 35.7 Å². The molecule has 1 amide bonds. The molecule has 0 saturated heterocycles. The second-order valence-electron chi connectivity index (χ2n) is 3.70. The summed E-state index contributed by atoms with van der Waals surface area (Å²) in [5.41, 5.74) is 1.38. The summed E-state index contributed by atoms with van der Waals surface area (Å²) in [7, 11) is 0. The second kappa shape index (κ2) is 4.99. The highest BCUT2D eigenvalue weighted by Gasteiger charge is 2.11. The van der Waals surface area contributed by atoms with Crippen LogP contribution in [0.4, 0.5) is 5.69 Å². The van der Waals surface area contributed by atoms with Crippen LogP contribution in [0.1, 0.15) is 9.67 Å². The summed E-state index contributed by atoms with van der Waals surface area (Å²) in [6.07, 6.45) is 1.48. The molecule has 7 heteroatoms. The van der Waals surface area contributed by atoms with Gasteiger partial charge in [0.05, 0.1) is 16.3 Å². The number of thiophene rings is 1. The smallest absolute Gasteiger partial charge is 0.265 e. The quantitative estimate of drug-likeness (QED) is 0.790. The summed E-state index contributed by atoms with van der Waals surface area (Å²) in [6, 6.07) is 11.0. The number of rotatable bonds is 3. The lowest BCUT2D eigenvalue weighted by Crippen LogP contribution is -2.12. The first kappa shape index (κ1) is 11.5. The first-order chi connectivity index (χ1) is 9.34. The van der Waals surface area contributed by atoms with E-state index in [1.165, 1.54) is 22.3 Å².